The molecule has 1 aliphatic rings. The quantitative estimate of drug-likeness (QED) is 0.208. The van der Waals surface area contributed by atoms with Gasteiger partial charge in [-0.25, -0.2) is 0 Å². The van der Waals surface area contributed by atoms with Crippen molar-refractivity contribution in [3.05, 3.63) is 0 Å². The number of ether oxygens (including phenoxy) is 1. The highest BCUT2D eigenvalue weighted by atomic mass is 127. The minimum Gasteiger partial charge on any atom is -0.466 e. The second-order valence-corrected chi connectivity index (χ2v) is 5.93. The number of hydrogen-bond donors (Lipinski definition) is 2. The van der Waals surface area contributed by atoms with Gasteiger partial charge in [0.2, 0.25) is 5.91 Å². The SMILES string of the molecule is CCOC(=O)C1CCN(C(=NC)NCCNC(=O)C(C)C)CC1.I. The molecule has 0 aromatic carbocycles. The van der Waals surface area contributed by atoms with E-state index < -0.39 is 0 Å². The highest BCUT2D eigenvalue weighted by Crippen LogP contribution is 2.18. The maximum Gasteiger partial charge on any atom is 0.309 e. The molecule has 0 unspecified atom stereocenters. The topological polar surface area (TPSA) is 83.0 Å². The van der Waals surface area contributed by atoms with E-state index in [1.54, 1.807) is 7.05 Å². The lowest BCUT2D eigenvalue weighted by Crippen LogP contribution is -2.48. The first-order valence-electron chi connectivity index (χ1n) is 8.39. The fourth-order valence-corrected chi connectivity index (χ4v) is 2.48. The van der Waals surface area contributed by atoms with E-state index in [0.717, 1.165) is 31.9 Å². The third-order valence-corrected chi connectivity index (χ3v) is 3.86. The lowest BCUT2D eigenvalue weighted by atomic mass is 9.97. The molecule has 0 spiro atoms. The highest BCUT2D eigenvalue weighted by Gasteiger charge is 2.27. The number of guanidine groups is 1. The van der Waals surface area contributed by atoms with Crippen molar-refractivity contribution in [3.63, 3.8) is 0 Å². The van der Waals surface area contributed by atoms with Gasteiger partial charge in [0.05, 0.1) is 12.5 Å². The van der Waals surface area contributed by atoms with Crippen LogP contribution in [0.2, 0.25) is 0 Å². The molecule has 2 N–H and O–H groups in total. The van der Waals surface area contributed by atoms with Gasteiger partial charge in [-0.2, -0.15) is 0 Å². The Bertz CT molecular complexity index is 422. The summed E-state index contributed by atoms with van der Waals surface area (Å²) >= 11 is 0. The van der Waals surface area contributed by atoms with E-state index >= 15 is 0 Å². The molecule has 0 atom stereocenters. The van der Waals surface area contributed by atoms with E-state index in [-0.39, 0.29) is 47.7 Å². The molecule has 24 heavy (non-hydrogen) atoms. The second-order valence-electron chi connectivity index (χ2n) is 5.93. The number of nitrogens with zero attached hydrogens (tertiary/aromatic N) is 2. The van der Waals surface area contributed by atoms with Crippen LogP contribution >= 0.6 is 24.0 Å². The largest absolute Gasteiger partial charge is 0.466 e. The fraction of sp³-hybridized carbons (Fsp3) is 0.812. The number of esters is 1. The zero-order valence-electron chi connectivity index (χ0n) is 15.1. The number of rotatable bonds is 6. The third kappa shape index (κ3) is 7.67. The number of piperidine rings is 1. The summed E-state index contributed by atoms with van der Waals surface area (Å²) in [5.41, 5.74) is 0. The molecule has 1 saturated heterocycles. The minimum atomic E-state index is -0.0912. The van der Waals surface area contributed by atoms with Gasteiger partial charge in [0.25, 0.3) is 0 Å². The molecule has 1 fully saturated rings. The Morgan fingerprint density at radius 3 is 2.29 bits per heavy atom. The van der Waals surface area contributed by atoms with E-state index in [9.17, 15) is 9.59 Å². The van der Waals surface area contributed by atoms with Gasteiger partial charge < -0.3 is 20.3 Å². The Labute approximate surface area is 162 Å². The Kier molecular flexibility index (Phi) is 11.8. The van der Waals surface area contributed by atoms with Gasteiger partial charge in [-0.1, -0.05) is 13.8 Å². The standard InChI is InChI=1S/C16H30N4O3.HI/c1-5-23-15(22)13-6-10-20(11-7-13)16(17-4)19-9-8-18-14(21)12(2)3;/h12-13H,5-11H2,1-4H3,(H,17,19)(H,18,21);1H. The van der Waals surface area contributed by atoms with Gasteiger partial charge in [0, 0.05) is 39.1 Å². The summed E-state index contributed by atoms with van der Waals surface area (Å²) in [6.45, 7) is 8.76. The van der Waals surface area contributed by atoms with Crippen molar-refractivity contribution >= 4 is 41.8 Å². The molecule has 1 aliphatic heterocycles. The molecule has 1 amide bonds. The molecule has 0 aromatic rings. The summed E-state index contributed by atoms with van der Waals surface area (Å²) < 4.78 is 5.08. The van der Waals surface area contributed by atoms with Crippen molar-refractivity contribution in [1.82, 2.24) is 15.5 Å². The van der Waals surface area contributed by atoms with Crippen molar-refractivity contribution in [2.75, 3.05) is 39.8 Å². The summed E-state index contributed by atoms with van der Waals surface area (Å²) in [7, 11) is 1.74. The van der Waals surface area contributed by atoms with E-state index in [0.29, 0.717) is 19.7 Å². The van der Waals surface area contributed by atoms with E-state index in [4.69, 9.17) is 4.74 Å². The van der Waals surface area contributed by atoms with Gasteiger partial charge in [0.1, 0.15) is 0 Å². The molecule has 0 radical (unpaired) electrons. The van der Waals surface area contributed by atoms with Crippen LogP contribution in [-0.2, 0) is 14.3 Å². The van der Waals surface area contributed by atoms with Crippen molar-refractivity contribution < 1.29 is 14.3 Å². The smallest absolute Gasteiger partial charge is 0.309 e. The van der Waals surface area contributed by atoms with E-state index in [1.807, 2.05) is 20.8 Å². The van der Waals surface area contributed by atoms with Crippen LogP contribution in [0.25, 0.3) is 0 Å². The first-order chi connectivity index (χ1) is 11.0. The number of carbonyl (C=O) groups is 2. The second kappa shape index (κ2) is 12.3. The zero-order chi connectivity index (χ0) is 17.2. The highest BCUT2D eigenvalue weighted by molar-refractivity contribution is 14.0. The third-order valence-electron chi connectivity index (χ3n) is 3.86. The average Bonchev–Trinajstić information content (AvgIpc) is 2.55. The molecule has 1 rings (SSSR count). The molecular formula is C16H31IN4O3. The summed E-state index contributed by atoms with van der Waals surface area (Å²) in [5.74, 6) is 0.764. The normalized spacial score (nSPS) is 15.7. The summed E-state index contributed by atoms with van der Waals surface area (Å²) in [6, 6.07) is 0. The summed E-state index contributed by atoms with van der Waals surface area (Å²) in [5, 5.41) is 6.11. The Morgan fingerprint density at radius 1 is 1.21 bits per heavy atom. The van der Waals surface area contributed by atoms with Crippen LogP contribution in [0.5, 0.6) is 0 Å². The maximum absolute atomic E-state index is 11.7. The van der Waals surface area contributed by atoms with Gasteiger partial charge >= 0.3 is 5.97 Å². The first-order valence-corrected chi connectivity index (χ1v) is 8.39. The number of aliphatic imine (C=N–C) groups is 1. The van der Waals surface area contributed by atoms with Gasteiger partial charge in [-0.3, -0.25) is 14.6 Å². The predicted molar refractivity (Wildman–Crippen MR) is 106 cm³/mol. The molecule has 7 nitrogen and oxygen atoms in total. The zero-order valence-corrected chi connectivity index (χ0v) is 17.5. The van der Waals surface area contributed by atoms with Gasteiger partial charge in [-0.15, -0.1) is 24.0 Å². The molecule has 0 aromatic heterocycles. The first kappa shape index (κ1) is 22.9. The monoisotopic (exact) mass is 454 g/mol. The number of amides is 1. The van der Waals surface area contributed by atoms with Gasteiger partial charge in [0.15, 0.2) is 5.96 Å². The van der Waals surface area contributed by atoms with Crippen molar-refractivity contribution in [2.24, 2.45) is 16.8 Å². The van der Waals surface area contributed by atoms with Gasteiger partial charge in [-0.05, 0) is 19.8 Å². The van der Waals surface area contributed by atoms with Crippen LogP contribution in [0.15, 0.2) is 4.99 Å². The molecule has 1 heterocycles. The number of carbonyl (C=O) groups excluding carboxylic acids is 2. The summed E-state index contributed by atoms with van der Waals surface area (Å²) in [6.07, 6.45) is 1.56. The Hall–Kier alpha value is -1.06. The lowest BCUT2D eigenvalue weighted by molar-refractivity contribution is -0.149. The lowest BCUT2D eigenvalue weighted by Gasteiger charge is -2.33. The van der Waals surface area contributed by atoms with Crippen LogP contribution in [0.4, 0.5) is 0 Å². The number of halogens is 1. The van der Waals surface area contributed by atoms with E-state index in [2.05, 4.69) is 20.5 Å². The molecule has 140 valence electrons. The number of hydrogen-bond acceptors (Lipinski definition) is 4. The van der Waals surface area contributed by atoms with Crippen molar-refractivity contribution in [2.45, 2.75) is 33.6 Å². The minimum absolute atomic E-state index is 0. The molecule has 0 bridgehead atoms. The van der Waals surface area contributed by atoms with Crippen molar-refractivity contribution in [3.8, 4) is 0 Å². The Balaban J connectivity index is 0.00000529. The fourth-order valence-electron chi connectivity index (χ4n) is 2.48. The van der Waals surface area contributed by atoms with Crippen LogP contribution in [0.1, 0.15) is 33.6 Å². The number of nitrogens with one attached hydrogen (secondary N) is 2. The van der Waals surface area contributed by atoms with Crippen LogP contribution < -0.4 is 10.6 Å². The van der Waals surface area contributed by atoms with Crippen LogP contribution in [0, 0.1) is 11.8 Å². The summed E-state index contributed by atoms with van der Waals surface area (Å²) in [4.78, 5) is 29.6. The molecule has 0 saturated carbocycles. The average molecular weight is 454 g/mol. The maximum atomic E-state index is 11.7. The number of likely N-dealkylation sites (tertiary alicyclic amines) is 1. The molecule has 8 heteroatoms. The predicted octanol–water partition coefficient (Wildman–Crippen LogP) is 1.23. The van der Waals surface area contributed by atoms with Crippen molar-refractivity contribution in [1.29, 1.82) is 0 Å². The Morgan fingerprint density at radius 2 is 1.79 bits per heavy atom. The molecule has 0 aliphatic carbocycles. The van der Waals surface area contributed by atoms with E-state index in [1.165, 1.54) is 0 Å². The van der Waals surface area contributed by atoms with Crippen LogP contribution in [0.3, 0.4) is 0 Å². The van der Waals surface area contributed by atoms with Crippen LogP contribution in [-0.4, -0.2) is 62.6 Å². The molecular weight excluding hydrogens is 423 g/mol.